The summed E-state index contributed by atoms with van der Waals surface area (Å²) in [5.41, 5.74) is 0.411. The van der Waals surface area contributed by atoms with Gasteiger partial charge in [-0.3, -0.25) is 4.79 Å². The molecule has 0 radical (unpaired) electrons. The van der Waals surface area contributed by atoms with Gasteiger partial charge >= 0.3 is 6.61 Å². The Morgan fingerprint density at radius 2 is 1.81 bits per heavy atom. The van der Waals surface area contributed by atoms with E-state index in [1.807, 2.05) is 24.3 Å². The Morgan fingerprint density at radius 3 is 2.54 bits per heavy atom. The fourth-order valence-corrected chi connectivity index (χ4v) is 3.35. The van der Waals surface area contributed by atoms with Crippen LogP contribution in [0.15, 0.2) is 59.1 Å². The summed E-state index contributed by atoms with van der Waals surface area (Å²) in [6.45, 7) is -2.99. The number of benzene rings is 3. The molecule has 7 heteroatoms. The van der Waals surface area contributed by atoms with Crippen LogP contribution in [0.3, 0.4) is 0 Å². The number of methoxy groups -OCH3 is 1. The second-order valence-electron chi connectivity index (χ2n) is 5.32. The molecule has 26 heavy (non-hydrogen) atoms. The molecule has 0 saturated carbocycles. The maximum absolute atomic E-state index is 12.8. The van der Waals surface area contributed by atoms with Crippen LogP contribution in [0.2, 0.25) is 0 Å². The number of carbonyl (C=O) groups is 1. The monoisotopic (exact) mass is 421 g/mol. The van der Waals surface area contributed by atoms with Gasteiger partial charge in [0.25, 0.3) is 5.91 Å². The van der Waals surface area contributed by atoms with Crippen LogP contribution in [-0.2, 0) is 0 Å². The molecule has 3 aromatic rings. The quantitative estimate of drug-likeness (QED) is 0.594. The fraction of sp³-hybridized carbons (Fsp3) is 0.105. The first kappa shape index (κ1) is 18.1. The van der Waals surface area contributed by atoms with Crippen molar-refractivity contribution in [2.24, 2.45) is 0 Å². The van der Waals surface area contributed by atoms with Crippen molar-refractivity contribution in [3.05, 3.63) is 64.6 Å². The summed E-state index contributed by atoms with van der Waals surface area (Å²) < 4.78 is 35.6. The number of anilines is 1. The lowest BCUT2D eigenvalue weighted by atomic mass is 10.0. The predicted octanol–water partition coefficient (Wildman–Crippen LogP) is 5.46. The van der Waals surface area contributed by atoms with Crippen molar-refractivity contribution in [1.82, 2.24) is 0 Å². The van der Waals surface area contributed by atoms with E-state index in [0.29, 0.717) is 10.2 Å². The first-order valence-corrected chi connectivity index (χ1v) is 8.41. The maximum Gasteiger partial charge on any atom is 0.387 e. The van der Waals surface area contributed by atoms with Crippen molar-refractivity contribution < 1.29 is 23.0 Å². The number of carbonyl (C=O) groups excluding carboxylic acids is 1. The molecule has 0 fully saturated rings. The van der Waals surface area contributed by atoms with Crippen molar-refractivity contribution in [3.63, 3.8) is 0 Å². The van der Waals surface area contributed by atoms with E-state index >= 15 is 0 Å². The Bertz CT molecular complexity index is 963. The van der Waals surface area contributed by atoms with Gasteiger partial charge in [0.1, 0.15) is 11.5 Å². The van der Waals surface area contributed by atoms with Gasteiger partial charge in [-0.1, -0.05) is 36.4 Å². The molecule has 0 aliphatic heterocycles. The van der Waals surface area contributed by atoms with Crippen LogP contribution in [0.5, 0.6) is 11.5 Å². The van der Waals surface area contributed by atoms with Crippen LogP contribution in [0.25, 0.3) is 10.8 Å². The maximum atomic E-state index is 12.8. The van der Waals surface area contributed by atoms with Crippen molar-refractivity contribution in [1.29, 1.82) is 0 Å². The largest absolute Gasteiger partial charge is 0.495 e. The van der Waals surface area contributed by atoms with Gasteiger partial charge in [0, 0.05) is 0 Å². The number of nitrogens with one attached hydrogen (secondary N) is 1. The summed E-state index contributed by atoms with van der Waals surface area (Å²) in [5.74, 6) is -0.262. The molecular weight excluding hydrogens is 408 g/mol. The van der Waals surface area contributed by atoms with E-state index < -0.39 is 12.5 Å². The second kappa shape index (κ2) is 7.70. The smallest absolute Gasteiger partial charge is 0.387 e. The van der Waals surface area contributed by atoms with Gasteiger partial charge in [0.2, 0.25) is 0 Å². The zero-order chi connectivity index (χ0) is 18.7. The number of amides is 1. The third-order valence-electron chi connectivity index (χ3n) is 3.74. The number of hydrogen-bond donors (Lipinski definition) is 1. The van der Waals surface area contributed by atoms with Crippen LogP contribution < -0.4 is 14.8 Å². The normalized spacial score (nSPS) is 10.8. The summed E-state index contributed by atoms with van der Waals surface area (Å²) in [5, 5.41) is 4.33. The van der Waals surface area contributed by atoms with E-state index in [1.54, 1.807) is 18.2 Å². The van der Waals surface area contributed by atoms with Crippen LogP contribution in [0, 0.1) is 0 Å². The standard InChI is InChI=1S/C19H14BrF2NO3/c1-25-17-13(10-11-6-2-3-7-12(11)16(17)20)18(24)23-14-8-4-5-9-15(14)26-19(21)22/h2-10,19H,1H3,(H,23,24). The number of ether oxygens (including phenoxy) is 2. The molecule has 0 bridgehead atoms. The number of rotatable bonds is 5. The molecule has 1 amide bonds. The molecule has 0 atom stereocenters. The van der Waals surface area contributed by atoms with E-state index in [-0.39, 0.29) is 17.0 Å². The Morgan fingerprint density at radius 1 is 1.12 bits per heavy atom. The topological polar surface area (TPSA) is 47.6 Å². The van der Waals surface area contributed by atoms with E-state index in [4.69, 9.17) is 4.74 Å². The van der Waals surface area contributed by atoms with Crippen LogP contribution in [0.1, 0.15) is 10.4 Å². The Kier molecular flexibility index (Phi) is 5.37. The Balaban J connectivity index is 2.01. The SMILES string of the molecule is COc1c(C(=O)Nc2ccccc2OC(F)F)cc2ccccc2c1Br. The number of hydrogen-bond acceptors (Lipinski definition) is 3. The van der Waals surface area contributed by atoms with Gasteiger partial charge in [-0.05, 0) is 44.9 Å². The van der Waals surface area contributed by atoms with Gasteiger partial charge in [-0.25, -0.2) is 0 Å². The van der Waals surface area contributed by atoms with Crippen molar-refractivity contribution in [2.75, 3.05) is 12.4 Å². The number of halogens is 3. The summed E-state index contributed by atoms with van der Waals surface area (Å²) in [6.07, 6.45) is 0. The predicted molar refractivity (Wildman–Crippen MR) is 99.2 cm³/mol. The first-order valence-electron chi connectivity index (χ1n) is 7.61. The molecule has 0 aromatic heterocycles. The summed E-state index contributed by atoms with van der Waals surface area (Å²) in [4.78, 5) is 12.8. The lowest BCUT2D eigenvalue weighted by molar-refractivity contribution is -0.0493. The van der Waals surface area contributed by atoms with Crippen LogP contribution in [0.4, 0.5) is 14.5 Å². The van der Waals surface area contributed by atoms with E-state index in [1.165, 1.54) is 19.2 Å². The van der Waals surface area contributed by atoms with Crippen molar-refractivity contribution in [3.8, 4) is 11.5 Å². The minimum absolute atomic E-state index is 0.116. The average Bonchev–Trinajstić information content (AvgIpc) is 2.63. The van der Waals surface area contributed by atoms with Gasteiger partial charge < -0.3 is 14.8 Å². The zero-order valence-corrected chi connectivity index (χ0v) is 15.2. The zero-order valence-electron chi connectivity index (χ0n) is 13.6. The lowest BCUT2D eigenvalue weighted by Crippen LogP contribution is -2.15. The average molecular weight is 422 g/mol. The van der Waals surface area contributed by atoms with Gasteiger partial charge in [0.05, 0.1) is 22.8 Å². The highest BCUT2D eigenvalue weighted by molar-refractivity contribution is 9.10. The molecule has 1 N–H and O–H groups in total. The van der Waals surface area contributed by atoms with Gasteiger partial charge in [-0.15, -0.1) is 0 Å². The minimum Gasteiger partial charge on any atom is -0.495 e. The third kappa shape index (κ3) is 3.62. The number of fused-ring (bicyclic) bond motifs is 1. The van der Waals surface area contributed by atoms with Gasteiger partial charge in [-0.2, -0.15) is 8.78 Å². The molecule has 134 valence electrons. The van der Waals surface area contributed by atoms with E-state index in [0.717, 1.165) is 10.8 Å². The van der Waals surface area contributed by atoms with Crippen molar-refractivity contribution in [2.45, 2.75) is 6.61 Å². The summed E-state index contributed by atoms with van der Waals surface area (Å²) >= 11 is 3.46. The molecule has 0 heterocycles. The molecule has 4 nitrogen and oxygen atoms in total. The molecule has 0 aliphatic rings. The molecule has 0 spiro atoms. The van der Waals surface area contributed by atoms with E-state index in [9.17, 15) is 13.6 Å². The highest BCUT2D eigenvalue weighted by Gasteiger charge is 2.20. The summed E-state index contributed by atoms with van der Waals surface area (Å²) in [6, 6.07) is 15.2. The summed E-state index contributed by atoms with van der Waals surface area (Å²) in [7, 11) is 1.46. The lowest BCUT2D eigenvalue weighted by Gasteiger charge is -2.15. The molecule has 0 aliphatic carbocycles. The fourth-order valence-electron chi connectivity index (χ4n) is 2.61. The Labute approximate surface area is 156 Å². The number of para-hydroxylation sites is 2. The molecule has 0 unspecified atom stereocenters. The third-order valence-corrected chi connectivity index (χ3v) is 4.53. The van der Waals surface area contributed by atoms with E-state index in [2.05, 4.69) is 26.0 Å². The highest BCUT2D eigenvalue weighted by atomic mass is 79.9. The number of alkyl halides is 2. The molecular formula is C19H14BrF2NO3. The highest BCUT2D eigenvalue weighted by Crippen LogP contribution is 2.37. The Hall–Kier alpha value is -2.67. The molecule has 3 rings (SSSR count). The van der Waals surface area contributed by atoms with Crippen molar-refractivity contribution >= 4 is 38.3 Å². The van der Waals surface area contributed by atoms with Crippen LogP contribution >= 0.6 is 15.9 Å². The minimum atomic E-state index is -2.99. The second-order valence-corrected chi connectivity index (χ2v) is 6.11. The molecule has 3 aromatic carbocycles. The van der Waals surface area contributed by atoms with Gasteiger partial charge in [0.15, 0.2) is 0 Å². The molecule has 0 saturated heterocycles. The van der Waals surface area contributed by atoms with Crippen LogP contribution in [-0.4, -0.2) is 19.6 Å². The first-order chi connectivity index (χ1) is 12.5.